The predicted octanol–water partition coefficient (Wildman–Crippen LogP) is 4.14. The standard InChI is InChI=1S/C27H26Cl2N10O3/c1-35-13-17-10-19(3-6-22(17)33-35)30-27(40)25(12-20-8-9-36(32-20)21-4-5-21)39-16-41-38(15-42-39)24-11-18(28)2-7-23(24)37-14-26(29)31-34-37/h2-3,6-11,13-14,21,25H,4-5,12,15-16H2,1H3,(H,30,40). The van der Waals surface area contributed by atoms with Crippen molar-refractivity contribution in [2.75, 3.05) is 23.8 Å². The van der Waals surface area contributed by atoms with Crippen LogP contribution in [0.25, 0.3) is 16.6 Å². The smallest absolute Gasteiger partial charge is 0.244 e. The van der Waals surface area contributed by atoms with Crippen molar-refractivity contribution in [1.29, 1.82) is 0 Å². The second kappa shape index (κ2) is 11.0. The summed E-state index contributed by atoms with van der Waals surface area (Å²) in [4.78, 5) is 26.0. The summed E-state index contributed by atoms with van der Waals surface area (Å²) >= 11 is 12.3. The lowest BCUT2D eigenvalue weighted by atomic mass is 10.1. The molecule has 0 spiro atoms. The van der Waals surface area contributed by atoms with Crippen LogP contribution in [0.5, 0.6) is 0 Å². The molecule has 15 heteroatoms. The van der Waals surface area contributed by atoms with Crippen molar-refractivity contribution in [3.63, 3.8) is 0 Å². The fraction of sp³-hybridized carbons (Fsp3) is 0.296. The van der Waals surface area contributed by atoms with Crippen LogP contribution in [0.4, 0.5) is 11.4 Å². The lowest BCUT2D eigenvalue weighted by Gasteiger charge is -2.38. The van der Waals surface area contributed by atoms with E-state index < -0.39 is 6.04 Å². The molecular weight excluding hydrogens is 583 g/mol. The van der Waals surface area contributed by atoms with Gasteiger partial charge in [-0.2, -0.15) is 10.2 Å². The second-order valence-corrected chi connectivity index (χ2v) is 11.1. The Morgan fingerprint density at radius 1 is 1.05 bits per heavy atom. The van der Waals surface area contributed by atoms with Gasteiger partial charge in [0, 0.05) is 42.0 Å². The number of hydrogen-bond donors (Lipinski definition) is 1. The molecule has 4 heterocycles. The average Bonchev–Trinajstić information content (AvgIpc) is 3.37. The summed E-state index contributed by atoms with van der Waals surface area (Å²) in [6.07, 6.45) is 8.00. The molecule has 2 aromatic carbocycles. The molecule has 2 fully saturated rings. The van der Waals surface area contributed by atoms with Gasteiger partial charge in [-0.3, -0.25) is 23.8 Å². The number of amides is 1. The Kier molecular flexibility index (Phi) is 7.04. The molecule has 1 unspecified atom stereocenters. The molecule has 216 valence electrons. The number of rotatable bonds is 8. The second-order valence-electron chi connectivity index (χ2n) is 10.2. The van der Waals surface area contributed by atoms with Crippen LogP contribution in [-0.2, 0) is 27.9 Å². The molecule has 0 radical (unpaired) electrons. The number of benzene rings is 2. The molecule has 1 saturated carbocycles. The van der Waals surface area contributed by atoms with Gasteiger partial charge in [0.1, 0.15) is 6.04 Å². The van der Waals surface area contributed by atoms with Gasteiger partial charge in [0.2, 0.25) is 5.91 Å². The first-order chi connectivity index (χ1) is 20.4. The molecule has 1 aliphatic heterocycles. The Balaban J connectivity index is 1.11. The van der Waals surface area contributed by atoms with Crippen molar-refractivity contribution in [3.8, 4) is 5.69 Å². The minimum atomic E-state index is -0.729. The molecule has 7 rings (SSSR count). The zero-order chi connectivity index (χ0) is 28.8. The molecule has 0 bridgehead atoms. The van der Waals surface area contributed by atoms with Crippen LogP contribution in [0.2, 0.25) is 10.2 Å². The number of nitrogens with zero attached hydrogens (tertiary/aromatic N) is 9. The monoisotopic (exact) mass is 608 g/mol. The van der Waals surface area contributed by atoms with Gasteiger partial charge >= 0.3 is 0 Å². The quantitative estimate of drug-likeness (QED) is 0.277. The van der Waals surface area contributed by atoms with Gasteiger partial charge in [-0.15, -0.1) is 10.2 Å². The van der Waals surface area contributed by atoms with E-state index in [1.807, 2.05) is 48.4 Å². The van der Waals surface area contributed by atoms with Crippen LogP contribution < -0.4 is 10.4 Å². The minimum absolute atomic E-state index is 0.0162. The van der Waals surface area contributed by atoms with Crippen molar-refractivity contribution in [2.45, 2.75) is 31.3 Å². The lowest BCUT2D eigenvalue weighted by Crippen LogP contribution is -2.52. The van der Waals surface area contributed by atoms with E-state index in [1.165, 1.54) is 9.75 Å². The van der Waals surface area contributed by atoms with E-state index in [-0.39, 0.29) is 24.5 Å². The van der Waals surface area contributed by atoms with Gasteiger partial charge in [0.05, 0.1) is 34.8 Å². The number of anilines is 2. The maximum absolute atomic E-state index is 13.7. The van der Waals surface area contributed by atoms with Crippen LogP contribution in [0.15, 0.2) is 61.1 Å². The third-order valence-corrected chi connectivity index (χ3v) is 7.53. The maximum atomic E-state index is 13.7. The summed E-state index contributed by atoms with van der Waals surface area (Å²) in [6, 6.07) is 12.5. The maximum Gasteiger partial charge on any atom is 0.244 e. The molecule has 1 saturated heterocycles. The Labute approximate surface area is 250 Å². The molecule has 1 aliphatic carbocycles. The van der Waals surface area contributed by atoms with Crippen molar-refractivity contribution >= 4 is 51.4 Å². The minimum Gasteiger partial charge on any atom is -0.325 e. The molecule has 13 nitrogen and oxygen atoms in total. The number of hydroxylamine groups is 3. The summed E-state index contributed by atoms with van der Waals surface area (Å²) in [7, 11) is 1.86. The first-order valence-corrected chi connectivity index (χ1v) is 14.1. The molecule has 3 aromatic heterocycles. The predicted molar refractivity (Wildman–Crippen MR) is 155 cm³/mol. The largest absolute Gasteiger partial charge is 0.325 e. The summed E-state index contributed by atoms with van der Waals surface area (Å²) in [5, 5.41) is 24.8. The van der Waals surface area contributed by atoms with E-state index in [0.29, 0.717) is 34.5 Å². The van der Waals surface area contributed by atoms with E-state index in [0.717, 1.165) is 29.4 Å². The third kappa shape index (κ3) is 5.56. The molecule has 5 aromatic rings. The topological polar surface area (TPSA) is 120 Å². The van der Waals surface area contributed by atoms with Gasteiger partial charge in [-0.1, -0.05) is 28.4 Å². The molecule has 1 amide bonds. The molecule has 42 heavy (non-hydrogen) atoms. The van der Waals surface area contributed by atoms with Gasteiger partial charge in [0.25, 0.3) is 0 Å². The molecule has 1 N–H and O–H groups in total. The zero-order valence-electron chi connectivity index (χ0n) is 22.5. The Morgan fingerprint density at radius 2 is 1.93 bits per heavy atom. The van der Waals surface area contributed by atoms with Gasteiger partial charge in [0.15, 0.2) is 18.6 Å². The van der Waals surface area contributed by atoms with E-state index >= 15 is 0 Å². The zero-order valence-corrected chi connectivity index (χ0v) is 24.0. The highest BCUT2D eigenvalue weighted by Gasteiger charge is 2.34. The van der Waals surface area contributed by atoms with E-state index in [9.17, 15) is 4.79 Å². The van der Waals surface area contributed by atoms with Crippen LogP contribution in [-0.4, -0.2) is 65.0 Å². The number of aryl methyl sites for hydroxylation is 1. The van der Waals surface area contributed by atoms with Crippen molar-refractivity contribution < 1.29 is 14.5 Å². The first kappa shape index (κ1) is 26.9. The number of aromatic nitrogens is 7. The molecule has 2 aliphatic rings. The third-order valence-electron chi connectivity index (χ3n) is 7.12. The molecule has 1 atom stereocenters. The fourth-order valence-corrected chi connectivity index (χ4v) is 5.20. The Hall–Kier alpha value is -4.01. The number of carbonyl (C=O) groups excluding carboxylic acids is 1. The summed E-state index contributed by atoms with van der Waals surface area (Å²) in [5.41, 5.74) is 3.53. The van der Waals surface area contributed by atoms with Crippen molar-refractivity contribution in [2.24, 2.45) is 7.05 Å². The van der Waals surface area contributed by atoms with Crippen molar-refractivity contribution in [3.05, 3.63) is 76.9 Å². The number of hydrogen-bond acceptors (Lipinski definition) is 9. The summed E-state index contributed by atoms with van der Waals surface area (Å²) < 4.78 is 5.23. The fourth-order valence-electron chi connectivity index (χ4n) is 4.90. The van der Waals surface area contributed by atoms with Crippen LogP contribution in [0.3, 0.4) is 0 Å². The SMILES string of the molecule is Cn1cc2cc(NC(=O)C(Cc3ccn(C4CC4)n3)N3CON(c4cc(Cl)ccc4-n4cc(Cl)nn4)CO3)ccc2n1. The van der Waals surface area contributed by atoms with Crippen molar-refractivity contribution in [1.82, 2.24) is 39.6 Å². The number of carbonyl (C=O) groups is 1. The van der Waals surface area contributed by atoms with Crippen LogP contribution in [0.1, 0.15) is 24.6 Å². The highest BCUT2D eigenvalue weighted by atomic mass is 35.5. The highest BCUT2D eigenvalue weighted by Crippen LogP contribution is 2.34. The Bertz CT molecular complexity index is 1760. The van der Waals surface area contributed by atoms with Gasteiger partial charge < -0.3 is 5.32 Å². The average molecular weight is 609 g/mol. The number of halogens is 2. The number of fused-ring (bicyclic) bond motifs is 1. The van der Waals surface area contributed by atoms with E-state index in [2.05, 4.69) is 20.7 Å². The van der Waals surface area contributed by atoms with E-state index in [1.54, 1.807) is 34.1 Å². The lowest BCUT2D eigenvalue weighted by molar-refractivity contribution is -0.279. The van der Waals surface area contributed by atoms with Gasteiger partial charge in [-0.25, -0.2) is 9.75 Å². The summed E-state index contributed by atoms with van der Waals surface area (Å²) in [6.45, 7) is -0.0508. The van der Waals surface area contributed by atoms with Crippen LogP contribution in [0, 0.1) is 0 Å². The highest BCUT2D eigenvalue weighted by molar-refractivity contribution is 6.31. The van der Waals surface area contributed by atoms with Gasteiger partial charge in [-0.05, 0) is 55.3 Å². The van der Waals surface area contributed by atoms with E-state index in [4.69, 9.17) is 38.0 Å². The first-order valence-electron chi connectivity index (χ1n) is 13.4. The summed E-state index contributed by atoms with van der Waals surface area (Å²) in [5.74, 6) is -0.253. The molecular formula is C27H26Cl2N10O3. The Morgan fingerprint density at radius 3 is 2.69 bits per heavy atom. The van der Waals surface area contributed by atoms with Crippen LogP contribution >= 0.6 is 23.2 Å². The number of nitrogens with one attached hydrogen (secondary N) is 1. The normalized spacial score (nSPS) is 16.7.